The summed E-state index contributed by atoms with van der Waals surface area (Å²) in [5.74, 6) is -0.629. The Hall–Kier alpha value is -0.800. The van der Waals surface area contributed by atoms with Crippen molar-refractivity contribution in [2.75, 3.05) is 6.29 Å². The van der Waals surface area contributed by atoms with Crippen LogP contribution in [-0.4, -0.2) is 19.7 Å². The minimum atomic E-state index is -4.50. The number of benzene rings is 1. The van der Waals surface area contributed by atoms with Gasteiger partial charge in [0.15, 0.2) is 7.60 Å². The molecular formula is C12H11FN2NaO5PS. The van der Waals surface area contributed by atoms with Crippen molar-refractivity contribution in [3.8, 4) is 5.75 Å². The van der Waals surface area contributed by atoms with E-state index >= 15 is 0 Å². The van der Waals surface area contributed by atoms with E-state index in [1.54, 1.807) is 0 Å². The van der Waals surface area contributed by atoms with E-state index in [1.165, 1.54) is 24.5 Å². The van der Waals surface area contributed by atoms with Crippen LogP contribution in [0.4, 0.5) is 4.39 Å². The molecule has 0 radical (unpaired) electrons. The Kier molecular flexibility index (Phi) is 7.34. The molecule has 1 atom stereocenters. The zero-order valence-corrected chi connectivity index (χ0v) is 15.8. The fraction of sp³-hybridized carbons (Fsp3) is 0.0833. The van der Waals surface area contributed by atoms with Gasteiger partial charge >= 0.3 is 29.6 Å². The molecule has 0 saturated heterocycles. The van der Waals surface area contributed by atoms with Gasteiger partial charge in [0.05, 0.1) is 17.4 Å². The zero-order chi connectivity index (χ0) is 16.2. The molecule has 0 aliphatic heterocycles. The third-order valence-corrected chi connectivity index (χ3v) is 5.12. The Balaban J connectivity index is 0.00000264. The van der Waals surface area contributed by atoms with Crippen LogP contribution in [-0.2, 0) is 14.6 Å². The maximum Gasteiger partial charge on any atom is 1.00 e. The number of pyridine rings is 1. The fourth-order valence-corrected chi connectivity index (χ4v) is 3.92. The van der Waals surface area contributed by atoms with Gasteiger partial charge in [-0.05, 0) is 36.4 Å². The summed E-state index contributed by atoms with van der Waals surface area (Å²) in [6.45, 7) is 0. The third-order valence-electron chi connectivity index (χ3n) is 2.45. The number of sulfonamides is 1. The first-order valence-electron chi connectivity index (χ1n) is 5.93. The van der Waals surface area contributed by atoms with Crippen LogP contribution in [0.15, 0.2) is 53.7 Å². The van der Waals surface area contributed by atoms with E-state index in [9.17, 15) is 22.3 Å². The van der Waals surface area contributed by atoms with Gasteiger partial charge in [-0.15, -0.1) is 0 Å². The van der Waals surface area contributed by atoms with Crippen LogP contribution in [0.3, 0.4) is 0 Å². The van der Waals surface area contributed by atoms with Crippen LogP contribution in [0.2, 0.25) is 0 Å². The minimum absolute atomic E-state index is 0. The second-order valence-corrected chi connectivity index (χ2v) is 7.64. The van der Waals surface area contributed by atoms with Gasteiger partial charge in [0.1, 0.15) is 11.6 Å². The normalized spacial score (nSPS) is 13.7. The standard InChI is InChI=1S/C12H12FN2O5PS.Na/c13-10-3-5-12(6-4-10)22(18,19)15-9-21(16,17)20-11-2-1-7-14-8-11;/h1-8,15H,9H2,(H,16,17);/q;+1/p-1. The average Bonchev–Trinajstić information content (AvgIpc) is 2.47. The van der Waals surface area contributed by atoms with E-state index in [4.69, 9.17) is 4.52 Å². The molecule has 0 aliphatic carbocycles. The topological polar surface area (TPSA) is 108 Å². The Morgan fingerprint density at radius 2 is 1.91 bits per heavy atom. The molecule has 0 fully saturated rings. The number of aromatic nitrogens is 1. The van der Waals surface area contributed by atoms with E-state index in [0.29, 0.717) is 0 Å². The Morgan fingerprint density at radius 1 is 1.26 bits per heavy atom. The van der Waals surface area contributed by atoms with Crippen LogP contribution >= 0.6 is 7.60 Å². The van der Waals surface area contributed by atoms with E-state index in [0.717, 1.165) is 24.3 Å². The van der Waals surface area contributed by atoms with Crippen molar-refractivity contribution in [3.63, 3.8) is 0 Å². The quantitative estimate of drug-likeness (QED) is 0.471. The van der Waals surface area contributed by atoms with Crippen LogP contribution in [0.25, 0.3) is 0 Å². The minimum Gasteiger partial charge on any atom is -0.768 e. The molecule has 11 heteroatoms. The summed E-state index contributed by atoms with van der Waals surface area (Å²) in [7, 11) is -8.58. The van der Waals surface area contributed by atoms with Crippen molar-refractivity contribution >= 4 is 17.6 Å². The van der Waals surface area contributed by atoms with Crippen molar-refractivity contribution in [1.29, 1.82) is 0 Å². The van der Waals surface area contributed by atoms with Crippen molar-refractivity contribution in [2.45, 2.75) is 4.90 Å². The smallest absolute Gasteiger partial charge is 0.768 e. The van der Waals surface area contributed by atoms with E-state index < -0.39 is 29.7 Å². The van der Waals surface area contributed by atoms with Crippen LogP contribution < -0.4 is 43.7 Å². The van der Waals surface area contributed by atoms with E-state index in [-0.39, 0.29) is 40.2 Å². The fourth-order valence-electron chi connectivity index (χ4n) is 1.46. The van der Waals surface area contributed by atoms with Gasteiger partial charge in [0.2, 0.25) is 10.0 Å². The second-order valence-electron chi connectivity index (χ2n) is 4.15. The van der Waals surface area contributed by atoms with Crippen molar-refractivity contribution in [1.82, 2.24) is 9.71 Å². The first-order chi connectivity index (χ1) is 10.3. The molecule has 1 N–H and O–H groups in total. The van der Waals surface area contributed by atoms with Crippen molar-refractivity contribution in [3.05, 3.63) is 54.6 Å². The third kappa shape index (κ3) is 6.31. The van der Waals surface area contributed by atoms with Crippen molar-refractivity contribution < 1.29 is 56.3 Å². The number of halogens is 1. The summed E-state index contributed by atoms with van der Waals surface area (Å²) in [4.78, 5) is 15.1. The summed E-state index contributed by atoms with van der Waals surface area (Å²) < 4.78 is 54.8. The van der Waals surface area contributed by atoms with E-state index in [2.05, 4.69) is 4.98 Å². The molecule has 0 bridgehead atoms. The van der Waals surface area contributed by atoms with Crippen LogP contribution in [0, 0.1) is 5.82 Å². The number of hydrogen-bond donors (Lipinski definition) is 1. The van der Waals surface area contributed by atoms with Gasteiger partial charge in [0, 0.05) is 6.20 Å². The number of rotatable bonds is 6. The molecule has 2 aromatic rings. The molecule has 23 heavy (non-hydrogen) atoms. The van der Waals surface area contributed by atoms with Gasteiger partial charge < -0.3 is 9.42 Å². The molecule has 0 saturated carbocycles. The van der Waals surface area contributed by atoms with Gasteiger partial charge in [-0.3, -0.25) is 9.55 Å². The zero-order valence-electron chi connectivity index (χ0n) is 12.0. The van der Waals surface area contributed by atoms with Gasteiger partial charge in [-0.2, -0.15) is 0 Å². The molecule has 1 heterocycles. The van der Waals surface area contributed by atoms with Gasteiger partial charge in [-0.25, -0.2) is 17.5 Å². The van der Waals surface area contributed by atoms with Gasteiger partial charge in [0.25, 0.3) is 0 Å². The molecule has 7 nitrogen and oxygen atoms in total. The van der Waals surface area contributed by atoms with Crippen LogP contribution in [0.1, 0.15) is 0 Å². The molecule has 0 spiro atoms. The molecule has 1 unspecified atom stereocenters. The second kappa shape index (κ2) is 8.34. The molecule has 2 rings (SSSR count). The van der Waals surface area contributed by atoms with Crippen molar-refractivity contribution in [2.24, 2.45) is 0 Å². The Bertz CT molecular complexity index is 789. The SMILES string of the molecule is O=P([O-])(CNS(=O)(=O)c1ccc(F)cc1)Oc1cccnc1.[Na+]. The maximum atomic E-state index is 12.8. The predicted molar refractivity (Wildman–Crippen MR) is 74.1 cm³/mol. The number of nitrogens with one attached hydrogen (secondary N) is 1. The van der Waals surface area contributed by atoms with Gasteiger partial charge in [-0.1, -0.05) is 0 Å². The summed E-state index contributed by atoms with van der Waals surface area (Å²) in [6.07, 6.45) is 1.67. The van der Waals surface area contributed by atoms with Crippen LogP contribution in [0.5, 0.6) is 5.75 Å². The summed E-state index contributed by atoms with van der Waals surface area (Å²) in [5.41, 5.74) is 0. The summed E-state index contributed by atoms with van der Waals surface area (Å²) in [5, 5.41) is 0. The molecular weight excluding hydrogens is 357 g/mol. The largest absolute Gasteiger partial charge is 1.00 e. The molecule has 1 aromatic carbocycles. The monoisotopic (exact) mass is 368 g/mol. The summed E-state index contributed by atoms with van der Waals surface area (Å²) in [6, 6.07) is 6.80. The molecule has 0 aliphatic rings. The number of hydrogen-bond acceptors (Lipinski definition) is 6. The Labute approximate surface area is 154 Å². The first-order valence-corrected chi connectivity index (χ1v) is 9.15. The molecule has 118 valence electrons. The van der Waals surface area contributed by atoms with E-state index in [1.807, 2.05) is 4.72 Å². The predicted octanol–water partition coefficient (Wildman–Crippen LogP) is -1.91. The number of nitrogens with zero attached hydrogens (tertiary/aromatic N) is 1. The molecule has 0 amide bonds. The Morgan fingerprint density at radius 3 is 2.48 bits per heavy atom. The summed E-state index contributed by atoms with van der Waals surface area (Å²) >= 11 is 0. The first kappa shape index (κ1) is 20.2. The maximum absolute atomic E-state index is 12.8. The average molecular weight is 368 g/mol. The molecule has 1 aromatic heterocycles.